The summed E-state index contributed by atoms with van der Waals surface area (Å²) >= 11 is 0. The molecule has 1 atom stereocenters. The lowest BCUT2D eigenvalue weighted by Crippen LogP contribution is -2.28. The third-order valence-electron chi connectivity index (χ3n) is 4.77. The van der Waals surface area contributed by atoms with Crippen molar-refractivity contribution in [1.82, 2.24) is 20.2 Å². The SMILES string of the molecule is Cc1cc(C(C)N2Cc3c(ccnc3C(=O)NCC#N)C2=O)cnc1OCC(F)F. The van der Waals surface area contributed by atoms with Crippen molar-refractivity contribution in [3.63, 3.8) is 0 Å². The number of ether oxygens (including phenoxy) is 1. The van der Waals surface area contributed by atoms with Gasteiger partial charge in [0.2, 0.25) is 5.88 Å². The Bertz CT molecular complexity index is 1020. The van der Waals surface area contributed by atoms with Crippen LogP contribution in [0.5, 0.6) is 5.88 Å². The molecule has 0 aliphatic carbocycles. The quantitative estimate of drug-likeness (QED) is 0.696. The number of rotatable bonds is 7. The molecule has 156 valence electrons. The Morgan fingerprint density at radius 3 is 2.87 bits per heavy atom. The molecule has 30 heavy (non-hydrogen) atoms. The number of aryl methyl sites for hydroxylation is 1. The molecule has 0 bridgehead atoms. The highest BCUT2D eigenvalue weighted by atomic mass is 19.3. The highest BCUT2D eigenvalue weighted by molar-refractivity contribution is 6.03. The van der Waals surface area contributed by atoms with Gasteiger partial charge in [-0.2, -0.15) is 5.26 Å². The van der Waals surface area contributed by atoms with E-state index in [9.17, 15) is 18.4 Å². The Balaban J connectivity index is 1.82. The molecule has 0 saturated heterocycles. The number of aromatic nitrogens is 2. The number of carbonyl (C=O) groups excluding carboxylic acids is 2. The zero-order chi connectivity index (χ0) is 21.8. The minimum Gasteiger partial charge on any atom is -0.471 e. The first-order chi connectivity index (χ1) is 14.3. The van der Waals surface area contributed by atoms with Gasteiger partial charge < -0.3 is 15.0 Å². The molecule has 1 aliphatic heterocycles. The number of hydrogen-bond donors (Lipinski definition) is 1. The van der Waals surface area contributed by atoms with Gasteiger partial charge in [0.15, 0.2) is 6.61 Å². The lowest BCUT2D eigenvalue weighted by atomic mass is 10.1. The van der Waals surface area contributed by atoms with Crippen LogP contribution in [0.1, 0.15) is 50.5 Å². The van der Waals surface area contributed by atoms with Gasteiger partial charge in [0.1, 0.15) is 12.2 Å². The van der Waals surface area contributed by atoms with Gasteiger partial charge in [0.05, 0.1) is 12.1 Å². The molecule has 0 saturated carbocycles. The van der Waals surface area contributed by atoms with E-state index in [-0.39, 0.29) is 30.6 Å². The number of fused-ring (bicyclic) bond motifs is 1. The predicted octanol–water partition coefficient (Wildman–Crippen LogP) is 2.40. The van der Waals surface area contributed by atoms with Crippen LogP contribution in [0.15, 0.2) is 24.5 Å². The van der Waals surface area contributed by atoms with Crippen molar-refractivity contribution in [3.8, 4) is 11.9 Å². The van der Waals surface area contributed by atoms with Crippen LogP contribution < -0.4 is 10.1 Å². The number of carbonyl (C=O) groups is 2. The molecule has 2 amide bonds. The van der Waals surface area contributed by atoms with E-state index in [1.807, 2.05) is 13.0 Å². The van der Waals surface area contributed by atoms with Crippen LogP contribution >= 0.6 is 0 Å². The Morgan fingerprint density at radius 2 is 2.20 bits per heavy atom. The fourth-order valence-electron chi connectivity index (χ4n) is 3.25. The normalized spacial score (nSPS) is 13.7. The van der Waals surface area contributed by atoms with Crippen molar-refractivity contribution in [2.45, 2.75) is 32.9 Å². The van der Waals surface area contributed by atoms with Crippen molar-refractivity contribution < 1.29 is 23.1 Å². The van der Waals surface area contributed by atoms with Gasteiger partial charge >= 0.3 is 0 Å². The second kappa shape index (κ2) is 8.82. The largest absolute Gasteiger partial charge is 0.471 e. The zero-order valence-corrected chi connectivity index (χ0v) is 16.4. The fraction of sp³-hybridized carbons (Fsp3) is 0.350. The van der Waals surface area contributed by atoms with Gasteiger partial charge in [-0.1, -0.05) is 0 Å². The summed E-state index contributed by atoms with van der Waals surface area (Å²) in [6, 6.07) is 4.71. The van der Waals surface area contributed by atoms with E-state index < -0.39 is 25.0 Å². The molecule has 0 spiro atoms. The van der Waals surface area contributed by atoms with Gasteiger partial charge in [0, 0.05) is 35.6 Å². The Kier molecular flexibility index (Phi) is 6.20. The fourth-order valence-corrected chi connectivity index (χ4v) is 3.25. The highest BCUT2D eigenvalue weighted by Crippen LogP contribution is 2.33. The van der Waals surface area contributed by atoms with Crippen molar-refractivity contribution >= 4 is 11.8 Å². The maximum atomic E-state index is 12.9. The first kappa shape index (κ1) is 21.1. The molecule has 0 aromatic carbocycles. The Labute approximate surface area is 171 Å². The summed E-state index contributed by atoms with van der Waals surface area (Å²) in [5.74, 6) is -0.665. The van der Waals surface area contributed by atoms with E-state index in [1.165, 1.54) is 12.4 Å². The average Bonchev–Trinajstić information content (AvgIpc) is 3.07. The van der Waals surface area contributed by atoms with Crippen LogP contribution in [0, 0.1) is 18.3 Å². The van der Waals surface area contributed by atoms with Gasteiger partial charge in [-0.05, 0) is 31.5 Å². The zero-order valence-electron chi connectivity index (χ0n) is 16.4. The summed E-state index contributed by atoms with van der Waals surface area (Å²) in [4.78, 5) is 34.9. The molecule has 8 nitrogen and oxygen atoms in total. The monoisotopic (exact) mass is 415 g/mol. The number of nitrogens with zero attached hydrogens (tertiary/aromatic N) is 4. The molecule has 0 fully saturated rings. The molecule has 0 radical (unpaired) electrons. The van der Waals surface area contributed by atoms with E-state index in [2.05, 4.69) is 15.3 Å². The average molecular weight is 415 g/mol. The molecule has 2 aromatic heterocycles. The lowest BCUT2D eigenvalue weighted by Gasteiger charge is -2.25. The first-order valence-electron chi connectivity index (χ1n) is 9.15. The number of halogens is 2. The Hall–Kier alpha value is -3.61. The number of amides is 2. The van der Waals surface area contributed by atoms with Crippen molar-refractivity contribution in [1.29, 1.82) is 5.26 Å². The number of alkyl halides is 2. The topological polar surface area (TPSA) is 108 Å². The van der Waals surface area contributed by atoms with Crippen LogP contribution in [0.3, 0.4) is 0 Å². The smallest absolute Gasteiger partial charge is 0.272 e. The van der Waals surface area contributed by atoms with Gasteiger partial charge in [0.25, 0.3) is 18.2 Å². The molecule has 1 unspecified atom stereocenters. The highest BCUT2D eigenvalue weighted by Gasteiger charge is 2.35. The lowest BCUT2D eigenvalue weighted by molar-refractivity contribution is 0.0712. The number of nitrogens with one attached hydrogen (secondary N) is 1. The van der Waals surface area contributed by atoms with Gasteiger partial charge in [-0.15, -0.1) is 0 Å². The summed E-state index contributed by atoms with van der Waals surface area (Å²) in [7, 11) is 0. The summed E-state index contributed by atoms with van der Waals surface area (Å²) in [5, 5.41) is 11.1. The number of pyridine rings is 2. The Morgan fingerprint density at radius 1 is 1.43 bits per heavy atom. The van der Waals surface area contributed by atoms with Crippen molar-refractivity contribution in [2.75, 3.05) is 13.2 Å². The molecule has 3 rings (SSSR count). The molecule has 3 heterocycles. The first-order valence-corrected chi connectivity index (χ1v) is 9.15. The van der Waals surface area contributed by atoms with Crippen LogP contribution in [0.25, 0.3) is 0 Å². The molecule has 2 aromatic rings. The van der Waals surface area contributed by atoms with E-state index in [4.69, 9.17) is 10.00 Å². The van der Waals surface area contributed by atoms with Crippen LogP contribution in [-0.4, -0.2) is 46.3 Å². The van der Waals surface area contributed by atoms with E-state index >= 15 is 0 Å². The minimum atomic E-state index is -2.60. The minimum absolute atomic E-state index is 0.107. The van der Waals surface area contributed by atoms with E-state index in [1.54, 1.807) is 24.0 Å². The molecule has 1 N–H and O–H groups in total. The van der Waals surface area contributed by atoms with Crippen LogP contribution in [0.4, 0.5) is 8.78 Å². The molecular formula is C20H19F2N5O3. The second-order valence-electron chi connectivity index (χ2n) is 6.73. The summed E-state index contributed by atoms with van der Waals surface area (Å²) in [6.07, 6.45) is 0.263. The van der Waals surface area contributed by atoms with Crippen molar-refractivity contribution in [3.05, 3.63) is 52.5 Å². The van der Waals surface area contributed by atoms with E-state index in [0.29, 0.717) is 22.3 Å². The molecule has 1 aliphatic rings. The third-order valence-corrected chi connectivity index (χ3v) is 4.77. The predicted molar refractivity (Wildman–Crippen MR) is 101 cm³/mol. The summed E-state index contributed by atoms with van der Waals surface area (Å²) < 4.78 is 29.7. The van der Waals surface area contributed by atoms with Crippen molar-refractivity contribution in [2.24, 2.45) is 0 Å². The number of nitriles is 1. The standard InChI is InChI=1S/C20H19F2N5O3/c1-11-7-13(8-26-19(11)30-10-16(21)22)12(2)27-9-15-14(20(27)29)3-5-24-17(15)18(28)25-6-4-23/h3,5,7-8,12,16H,6,9-10H2,1-2H3,(H,25,28). The summed E-state index contributed by atoms with van der Waals surface area (Å²) in [6.45, 7) is 2.76. The molecular weight excluding hydrogens is 396 g/mol. The van der Waals surface area contributed by atoms with Gasteiger partial charge in [-0.3, -0.25) is 14.6 Å². The van der Waals surface area contributed by atoms with E-state index in [0.717, 1.165) is 0 Å². The van der Waals surface area contributed by atoms with Crippen LogP contribution in [-0.2, 0) is 6.54 Å². The summed E-state index contributed by atoms with van der Waals surface area (Å²) in [5.41, 5.74) is 2.24. The second-order valence-corrected chi connectivity index (χ2v) is 6.73. The maximum Gasteiger partial charge on any atom is 0.272 e. The number of hydrogen-bond acceptors (Lipinski definition) is 6. The molecule has 10 heteroatoms. The maximum absolute atomic E-state index is 12.9. The third kappa shape index (κ3) is 4.20. The van der Waals surface area contributed by atoms with Gasteiger partial charge in [-0.25, -0.2) is 13.8 Å². The van der Waals surface area contributed by atoms with Crippen LogP contribution in [0.2, 0.25) is 0 Å².